The topological polar surface area (TPSA) is 66.5 Å². The van der Waals surface area contributed by atoms with Crippen molar-refractivity contribution in [3.63, 3.8) is 0 Å². The third-order valence-corrected chi connectivity index (χ3v) is 6.05. The summed E-state index contributed by atoms with van der Waals surface area (Å²) >= 11 is 0. The molecule has 1 fully saturated rings. The summed E-state index contributed by atoms with van der Waals surface area (Å²) in [7, 11) is -3.46. The van der Waals surface area contributed by atoms with E-state index in [-0.39, 0.29) is 11.7 Å². The van der Waals surface area contributed by atoms with Crippen molar-refractivity contribution in [1.29, 1.82) is 0 Å². The molecular weight excluding hydrogens is 360 g/mol. The van der Waals surface area contributed by atoms with Crippen molar-refractivity contribution in [2.24, 2.45) is 0 Å². The number of carbonyl (C=O) groups is 1. The fourth-order valence-electron chi connectivity index (χ4n) is 3.23. The van der Waals surface area contributed by atoms with Gasteiger partial charge in [0.25, 0.3) is 0 Å². The molecule has 2 aromatic rings. The standard InChI is InChI=1S/C21H26N2O3S/c1-17-4-6-19(7-5-17)16-27(25,26)22-20-11-8-18(9-12-20)10-13-21(24)23-14-2-3-15-23/h4-9,11-12,22H,2-3,10,13-16H2,1H3. The minimum atomic E-state index is -3.46. The highest BCUT2D eigenvalue weighted by atomic mass is 32.2. The van der Waals surface area contributed by atoms with Gasteiger partial charge in [-0.2, -0.15) is 0 Å². The van der Waals surface area contributed by atoms with Gasteiger partial charge >= 0.3 is 0 Å². The zero-order valence-corrected chi connectivity index (χ0v) is 16.5. The number of hydrogen-bond donors (Lipinski definition) is 1. The third-order valence-electron chi connectivity index (χ3n) is 4.79. The van der Waals surface area contributed by atoms with Crippen LogP contribution in [0.5, 0.6) is 0 Å². The lowest BCUT2D eigenvalue weighted by Gasteiger charge is -2.15. The maximum Gasteiger partial charge on any atom is 0.236 e. The Morgan fingerprint density at radius 3 is 2.19 bits per heavy atom. The van der Waals surface area contributed by atoms with Gasteiger partial charge in [-0.05, 0) is 49.4 Å². The van der Waals surface area contributed by atoms with E-state index >= 15 is 0 Å². The molecule has 1 aliphatic rings. The fourth-order valence-corrected chi connectivity index (χ4v) is 4.43. The number of rotatable bonds is 7. The van der Waals surface area contributed by atoms with Gasteiger partial charge in [0.2, 0.25) is 15.9 Å². The van der Waals surface area contributed by atoms with Crippen LogP contribution in [0.15, 0.2) is 48.5 Å². The van der Waals surface area contributed by atoms with E-state index in [0.717, 1.165) is 42.6 Å². The van der Waals surface area contributed by atoms with E-state index in [1.807, 2.05) is 48.2 Å². The number of anilines is 1. The minimum absolute atomic E-state index is 0.0562. The van der Waals surface area contributed by atoms with Crippen molar-refractivity contribution in [1.82, 2.24) is 4.90 Å². The molecule has 0 bridgehead atoms. The summed E-state index contributed by atoms with van der Waals surface area (Å²) in [4.78, 5) is 14.0. The zero-order valence-electron chi connectivity index (χ0n) is 15.6. The smallest absolute Gasteiger partial charge is 0.236 e. The lowest BCUT2D eigenvalue weighted by atomic mass is 10.1. The van der Waals surface area contributed by atoms with Crippen LogP contribution in [0.4, 0.5) is 5.69 Å². The molecule has 1 heterocycles. The molecule has 0 spiro atoms. The number of nitrogens with one attached hydrogen (secondary N) is 1. The normalized spacial score (nSPS) is 14.3. The summed E-state index contributed by atoms with van der Waals surface area (Å²) in [6.07, 6.45) is 3.37. The van der Waals surface area contributed by atoms with Gasteiger partial charge in [0.1, 0.15) is 0 Å². The van der Waals surface area contributed by atoms with Crippen molar-refractivity contribution >= 4 is 21.6 Å². The Kier molecular flexibility index (Phi) is 6.16. The van der Waals surface area contributed by atoms with Gasteiger partial charge in [0.15, 0.2) is 0 Å². The maximum atomic E-state index is 12.3. The Morgan fingerprint density at radius 2 is 1.56 bits per heavy atom. The van der Waals surface area contributed by atoms with Crippen LogP contribution in [-0.4, -0.2) is 32.3 Å². The first-order valence-electron chi connectivity index (χ1n) is 9.34. The van der Waals surface area contributed by atoms with E-state index in [1.54, 1.807) is 12.1 Å². The lowest BCUT2D eigenvalue weighted by molar-refractivity contribution is -0.130. The predicted molar refractivity (Wildman–Crippen MR) is 108 cm³/mol. The van der Waals surface area contributed by atoms with E-state index in [9.17, 15) is 13.2 Å². The number of benzene rings is 2. The number of aryl methyl sites for hydroxylation is 2. The maximum absolute atomic E-state index is 12.3. The number of nitrogens with zero attached hydrogens (tertiary/aromatic N) is 1. The SMILES string of the molecule is Cc1ccc(CS(=O)(=O)Nc2ccc(CCC(=O)N3CCCC3)cc2)cc1. The summed E-state index contributed by atoms with van der Waals surface area (Å²) in [6.45, 7) is 3.72. The van der Waals surface area contributed by atoms with Gasteiger partial charge in [-0.3, -0.25) is 9.52 Å². The molecule has 0 atom stereocenters. The number of amides is 1. The molecule has 0 radical (unpaired) electrons. The molecule has 1 N–H and O–H groups in total. The second-order valence-corrected chi connectivity index (χ2v) is 8.85. The number of sulfonamides is 1. The minimum Gasteiger partial charge on any atom is -0.343 e. The van der Waals surface area contributed by atoms with Crippen molar-refractivity contribution in [3.8, 4) is 0 Å². The Balaban J connectivity index is 1.53. The summed E-state index contributed by atoms with van der Waals surface area (Å²) < 4.78 is 27.3. The van der Waals surface area contributed by atoms with Crippen LogP contribution >= 0.6 is 0 Å². The Hall–Kier alpha value is -2.34. The highest BCUT2D eigenvalue weighted by Crippen LogP contribution is 2.16. The Labute approximate surface area is 161 Å². The van der Waals surface area contributed by atoms with Crippen LogP contribution in [-0.2, 0) is 27.0 Å². The summed E-state index contributed by atoms with van der Waals surface area (Å²) in [5, 5.41) is 0. The zero-order chi connectivity index (χ0) is 19.3. The van der Waals surface area contributed by atoms with E-state index in [0.29, 0.717) is 18.5 Å². The second kappa shape index (κ2) is 8.57. The molecule has 0 saturated carbocycles. The summed E-state index contributed by atoms with van der Waals surface area (Å²) in [6, 6.07) is 14.7. The van der Waals surface area contributed by atoms with Crippen molar-refractivity contribution in [2.75, 3.05) is 17.8 Å². The van der Waals surface area contributed by atoms with Crippen LogP contribution < -0.4 is 4.72 Å². The number of hydrogen-bond acceptors (Lipinski definition) is 3. The van der Waals surface area contributed by atoms with Gasteiger partial charge < -0.3 is 4.90 Å². The Morgan fingerprint density at radius 1 is 0.963 bits per heavy atom. The molecule has 3 rings (SSSR count). The van der Waals surface area contributed by atoms with E-state index in [4.69, 9.17) is 0 Å². The molecule has 144 valence electrons. The quantitative estimate of drug-likeness (QED) is 0.792. The van der Waals surface area contributed by atoms with Crippen molar-refractivity contribution < 1.29 is 13.2 Å². The molecule has 5 nitrogen and oxygen atoms in total. The van der Waals surface area contributed by atoms with Crippen LogP contribution in [0, 0.1) is 6.92 Å². The largest absolute Gasteiger partial charge is 0.343 e. The molecule has 6 heteroatoms. The summed E-state index contributed by atoms with van der Waals surface area (Å²) in [5.41, 5.74) is 3.42. The van der Waals surface area contributed by atoms with Crippen LogP contribution in [0.25, 0.3) is 0 Å². The number of carbonyl (C=O) groups excluding carboxylic acids is 1. The molecule has 27 heavy (non-hydrogen) atoms. The molecule has 1 amide bonds. The van der Waals surface area contributed by atoms with Gasteiger partial charge in [-0.25, -0.2) is 8.42 Å². The van der Waals surface area contributed by atoms with Crippen LogP contribution in [0.2, 0.25) is 0 Å². The molecule has 0 aliphatic carbocycles. The van der Waals surface area contributed by atoms with Crippen LogP contribution in [0.1, 0.15) is 36.0 Å². The highest BCUT2D eigenvalue weighted by molar-refractivity contribution is 7.91. The van der Waals surface area contributed by atoms with Crippen LogP contribution in [0.3, 0.4) is 0 Å². The molecule has 1 saturated heterocycles. The average Bonchev–Trinajstić information content (AvgIpc) is 3.17. The highest BCUT2D eigenvalue weighted by Gasteiger charge is 2.17. The molecular formula is C21H26N2O3S. The monoisotopic (exact) mass is 386 g/mol. The number of likely N-dealkylation sites (tertiary alicyclic amines) is 1. The molecule has 0 unspecified atom stereocenters. The summed E-state index contributed by atoms with van der Waals surface area (Å²) in [5.74, 6) is 0.148. The van der Waals surface area contributed by atoms with E-state index in [2.05, 4.69) is 4.72 Å². The first kappa shape index (κ1) is 19.4. The average molecular weight is 387 g/mol. The Bertz CT molecular complexity index is 869. The fraction of sp³-hybridized carbons (Fsp3) is 0.381. The van der Waals surface area contributed by atoms with Crippen molar-refractivity contribution in [2.45, 2.75) is 38.4 Å². The van der Waals surface area contributed by atoms with Gasteiger partial charge in [0, 0.05) is 25.2 Å². The molecule has 2 aromatic carbocycles. The van der Waals surface area contributed by atoms with E-state index in [1.165, 1.54) is 0 Å². The van der Waals surface area contributed by atoms with Gasteiger partial charge in [-0.15, -0.1) is 0 Å². The second-order valence-electron chi connectivity index (χ2n) is 7.13. The van der Waals surface area contributed by atoms with Gasteiger partial charge in [-0.1, -0.05) is 42.0 Å². The van der Waals surface area contributed by atoms with E-state index < -0.39 is 10.0 Å². The van der Waals surface area contributed by atoms with Gasteiger partial charge in [0.05, 0.1) is 5.75 Å². The lowest BCUT2D eigenvalue weighted by Crippen LogP contribution is -2.27. The predicted octanol–water partition coefficient (Wildman–Crippen LogP) is 3.49. The molecule has 1 aliphatic heterocycles. The first-order valence-corrected chi connectivity index (χ1v) is 11.0. The first-order chi connectivity index (χ1) is 12.9. The third kappa shape index (κ3) is 5.82. The molecule has 0 aromatic heterocycles. The van der Waals surface area contributed by atoms with Crippen molar-refractivity contribution in [3.05, 3.63) is 65.2 Å².